The van der Waals surface area contributed by atoms with E-state index in [0.717, 1.165) is 12.8 Å². The summed E-state index contributed by atoms with van der Waals surface area (Å²) in [5.74, 6) is -0.319. The molecule has 1 fully saturated rings. The van der Waals surface area contributed by atoms with Crippen LogP contribution >= 0.6 is 11.6 Å². The number of carbonyl (C=O) groups is 2. The Morgan fingerprint density at radius 2 is 1.71 bits per heavy atom. The third-order valence-electron chi connectivity index (χ3n) is 4.25. The second kappa shape index (κ2) is 7.16. The summed E-state index contributed by atoms with van der Waals surface area (Å²) < 4.78 is 0. The van der Waals surface area contributed by atoms with E-state index < -0.39 is 0 Å². The Morgan fingerprint density at radius 1 is 1.04 bits per heavy atom. The zero-order valence-electron chi connectivity index (χ0n) is 13.2. The molecule has 1 unspecified atom stereocenters. The predicted octanol–water partition coefficient (Wildman–Crippen LogP) is 3.13. The number of benzene rings is 2. The summed E-state index contributed by atoms with van der Waals surface area (Å²) in [5, 5.41) is 0.568. The molecule has 2 aromatic rings. The van der Waals surface area contributed by atoms with Crippen LogP contribution in [0.25, 0.3) is 0 Å². The monoisotopic (exact) mass is 342 g/mol. The number of nitrogens with zero attached hydrogens (tertiary/aromatic N) is 1. The quantitative estimate of drug-likeness (QED) is 0.871. The van der Waals surface area contributed by atoms with Gasteiger partial charge in [-0.1, -0.05) is 29.8 Å². The molecule has 2 N–H and O–H groups in total. The molecule has 1 aliphatic rings. The van der Waals surface area contributed by atoms with Gasteiger partial charge in [0.25, 0.3) is 5.91 Å². The van der Waals surface area contributed by atoms with E-state index in [2.05, 4.69) is 0 Å². The summed E-state index contributed by atoms with van der Waals surface area (Å²) in [7, 11) is 0. The van der Waals surface area contributed by atoms with Crippen LogP contribution in [0.2, 0.25) is 5.02 Å². The number of halogens is 1. The summed E-state index contributed by atoms with van der Waals surface area (Å²) in [6.07, 6.45) is 1.81. The van der Waals surface area contributed by atoms with Crippen molar-refractivity contribution in [2.24, 2.45) is 5.73 Å². The minimum absolute atomic E-state index is 0.00169. The topological polar surface area (TPSA) is 63.4 Å². The van der Waals surface area contributed by atoms with Crippen LogP contribution in [0.3, 0.4) is 0 Å². The summed E-state index contributed by atoms with van der Waals surface area (Å²) in [5.41, 5.74) is 7.31. The molecule has 5 heteroatoms. The molecule has 0 aliphatic carbocycles. The van der Waals surface area contributed by atoms with Crippen molar-refractivity contribution < 1.29 is 9.59 Å². The molecule has 3 rings (SSSR count). The van der Waals surface area contributed by atoms with Crippen LogP contribution in [0, 0.1) is 0 Å². The molecule has 124 valence electrons. The lowest BCUT2D eigenvalue weighted by Crippen LogP contribution is -2.46. The fraction of sp³-hybridized carbons (Fsp3) is 0.263. The molecule has 1 heterocycles. The number of amides is 1. The zero-order chi connectivity index (χ0) is 17.1. The lowest BCUT2D eigenvalue weighted by Gasteiger charge is -2.31. The number of ketones is 1. The van der Waals surface area contributed by atoms with E-state index in [0.29, 0.717) is 34.8 Å². The normalized spacial score (nSPS) is 17.6. The summed E-state index contributed by atoms with van der Waals surface area (Å²) in [4.78, 5) is 27.4. The van der Waals surface area contributed by atoms with Crippen molar-refractivity contribution in [3.05, 3.63) is 70.2 Å². The summed E-state index contributed by atoms with van der Waals surface area (Å²) in [6.45, 7) is 1.21. The second-order valence-electron chi connectivity index (χ2n) is 6.04. The van der Waals surface area contributed by atoms with Crippen molar-refractivity contribution in [2.45, 2.75) is 18.9 Å². The molecule has 2 aromatic carbocycles. The first-order chi connectivity index (χ1) is 11.6. The van der Waals surface area contributed by atoms with Gasteiger partial charge in [-0.15, -0.1) is 0 Å². The highest BCUT2D eigenvalue weighted by atomic mass is 35.5. The van der Waals surface area contributed by atoms with Crippen LogP contribution < -0.4 is 5.73 Å². The first-order valence-corrected chi connectivity index (χ1v) is 8.38. The van der Waals surface area contributed by atoms with Gasteiger partial charge in [-0.2, -0.15) is 0 Å². The number of carbonyl (C=O) groups excluding carboxylic acids is 2. The largest absolute Gasteiger partial charge is 0.337 e. The SMILES string of the molecule is NC1CCCN(C(=O)c2ccccc2C(=O)c2ccc(Cl)cc2)C1. The maximum absolute atomic E-state index is 12.9. The minimum atomic E-state index is -0.183. The fourth-order valence-corrected chi connectivity index (χ4v) is 3.12. The molecule has 1 saturated heterocycles. The van der Waals surface area contributed by atoms with Gasteiger partial charge in [-0.25, -0.2) is 0 Å². The maximum Gasteiger partial charge on any atom is 0.254 e. The third-order valence-corrected chi connectivity index (χ3v) is 4.51. The number of piperidine rings is 1. The van der Waals surface area contributed by atoms with Gasteiger partial charge in [0.05, 0.1) is 5.56 Å². The van der Waals surface area contributed by atoms with Gasteiger partial charge in [0.15, 0.2) is 5.78 Å². The highest BCUT2D eigenvalue weighted by Gasteiger charge is 2.25. The molecule has 1 atom stereocenters. The van der Waals surface area contributed by atoms with Crippen molar-refractivity contribution in [3.63, 3.8) is 0 Å². The number of hydrogen-bond donors (Lipinski definition) is 1. The van der Waals surface area contributed by atoms with Gasteiger partial charge in [-0.05, 0) is 43.2 Å². The van der Waals surface area contributed by atoms with Gasteiger partial charge in [0, 0.05) is 35.3 Å². The van der Waals surface area contributed by atoms with Crippen LogP contribution in [0.5, 0.6) is 0 Å². The van der Waals surface area contributed by atoms with Crippen molar-refractivity contribution in [1.29, 1.82) is 0 Å². The van der Waals surface area contributed by atoms with Crippen molar-refractivity contribution in [2.75, 3.05) is 13.1 Å². The molecule has 0 radical (unpaired) electrons. The number of rotatable bonds is 3. The second-order valence-corrected chi connectivity index (χ2v) is 6.47. The van der Waals surface area contributed by atoms with Crippen LogP contribution in [-0.2, 0) is 0 Å². The number of nitrogens with two attached hydrogens (primary N) is 1. The van der Waals surface area contributed by atoms with Gasteiger partial charge >= 0.3 is 0 Å². The standard InChI is InChI=1S/C19H19ClN2O2/c20-14-9-7-13(8-10-14)18(23)16-5-1-2-6-17(16)19(24)22-11-3-4-15(21)12-22/h1-2,5-10,15H,3-4,11-12,21H2. The van der Waals surface area contributed by atoms with Gasteiger partial charge in [-0.3, -0.25) is 9.59 Å². The number of likely N-dealkylation sites (tertiary alicyclic amines) is 1. The first kappa shape index (κ1) is 16.7. The van der Waals surface area contributed by atoms with Crippen LogP contribution in [0.4, 0.5) is 0 Å². The van der Waals surface area contributed by atoms with Crippen molar-refractivity contribution in [1.82, 2.24) is 4.90 Å². The Hall–Kier alpha value is -2.17. The summed E-state index contributed by atoms with van der Waals surface area (Å²) >= 11 is 5.88. The van der Waals surface area contributed by atoms with E-state index in [1.807, 2.05) is 0 Å². The lowest BCUT2D eigenvalue weighted by atomic mass is 9.96. The van der Waals surface area contributed by atoms with E-state index in [1.165, 1.54) is 0 Å². The predicted molar refractivity (Wildman–Crippen MR) is 94.4 cm³/mol. The molecule has 1 aliphatic heterocycles. The highest BCUT2D eigenvalue weighted by Crippen LogP contribution is 2.20. The van der Waals surface area contributed by atoms with E-state index in [-0.39, 0.29) is 17.7 Å². The highest BCUT2D eigenvalue weighted by molar-refractivity contribution is 6.30. The molecule has 0 bridgehead atoms. The summed E-state index contributed by atoms with van der Waals surface area (Å²) in [6, 6.07) is 13.6. The van der Waals surface area contributed by atoms with Crippen LogP contribution in [0.15, 0.2) is 48.5 Å². The Morgan fingerprint density at radius 3 is 2.38 bits per heavy atom. The molecule has 0 spiro atoms. The van der Waals surface area contributed by atoms with E-state index in [1.54, 1.807) is 53.4 Å². The molecular weight excluding hydrogens is 324 g/mol. The van der Waals surface area contributed by atoms with Crippen LogP contribution in [0.1, 0.15) is 39.1 Å². The maximum atomic E-state index is 12.9. The van der Waals surface area contributed by atoms with E-state index >= 15 is 0 Å². The van der Waals surface area contributed by atoms with Gasteiger partial charge in [0.1, 0.15) is 0 Å². The van der Waals surface area contributed by atoms with Crippen molar-refractivity contribution >= 4 is 23.3 Å². The third kappa shape index (κ3) is 3.50. The minimum Gasteiger partial charge on any atom is -0.337 e. The molecule has 0 saturated carbocycles. The molecule has 1 amide bonds. The van der Waals surface area contributed by atoms with Gasteiger partial charge in [0.2, 0.25) is 0 Å². The molecule has 24 heavy (non-hydrogen) atoms. The number of hydrogen-bond acceptors (Lipinski definition) is 3. The Labute approximate surface area is 146 Å². The first-order valence-electron chi connectivity index (χ1n) is 8.00. The zero-order valence-corrected chi connectivity index (χ0v) is 14.0. The fourth-order valence-electron chi connectivity index (χ4n) is 2.99. The molecule has 0 aromatic heterocycles. The Kier molecular flexibility index (Phi) is 4.97. The smallest absolute Gasteiger partial charge is 0.254 e. The lowest BCUT2D eigenvalue weighted by molar-refractivity contribution is 0.0705. The Bertz CT molecular complexity index is 758. The van der Waals surface area contributed by atoms with E-state index in [9.17, 15) is 9.59 Å². The average molecular weight is 343 g/mol. The van der Waals surface area contributed by atoms with Crippen LogP contribution in [-0.4, -0.2) is 35.7 Å². The molecular formula is C19H19ClN2O2. The molecule has 4 nitrogen and oxygen atoms in total. The van der Waals surface area contributed by atoms with E-state index in [4.69, 9.17) is 17.3 Å². The van der Waals surface area contributed by atoms with Gasteiger partial charge < -0.3 is 10.6 Å². The Balaban J connectivity index is 1.91. The van der Waals surface area contributed by atoms with Crippen molar-refractivity contribution in [3.8, 4) is 0 Å². The average Bonchev–Trinajstić information content (AvgIpc) is 2.61.